The molecule has 0 aromatic heterocycles. The first-order valence-electron chi connectivity index (χ1n) is 9.40. The molecule has 1 atom stereocenters. The van der Waals surface area contributed by atoms with Crippen LogP contribution in [0.15, 0.2) is 66.7 Å². The average Bonchev–Trinajstić information content (AvgIpc) is 3.21. The molecule has 134 valence electrons. The van der Waals surface area contributed by atoms with Crippen molar-refractivity contribution in [2.45, 2.75) is 32.1 Å². The Bertz CT molecular complexity index is 841. The summed E-state index contributed by atoms with van der Waals surface area (Å²) in [6.07, 6.45) is 2.67. The van der Waals surface area contributed by atoms with Crippen molar-refractivity contribution in [1.29, 1.82) is 0 Å². The Morgan fingerprint density at radius 1 is 0.962 bits per heavy atom. The van der Waals surface area contributed by atoms with E-state index in [2.05, 4.69) is 53.8 Å². The molecule has 26 heavy (non-hydrogen) atoms. The summed E-state index contributed by atoms with van der Waals surface area (Å²) in [6, 6.07) is 23.0. The van der Waals surface area contributed by atoms with Gasteiger partial charge in [0.15, 0.2) is 0 Å². The summed E-state index contributed by atoms with van der Waals surface area (Å²) in [7, 11) is 0. The Hall–Kier alpha value is -2.36. The van der Waals surface area contributed by atoms with E-state index in [1.54, 1.807) is 0 Å². The predicted octanol–water partition coefficient (Wildman–Crippen LogP) is 4.69. The Morgan fingerprint density at radius 3 is 2.65 bits per heavy atom. The molecule has 3 nitrogen and oxygen atoms in total. The van der Waals surface area contributed by atoms with Crippen LogP contribution in [0.1, 0.15) is 24.0 Å². The van der Waals surface area contributed by atoms with E-state index in [0.717, 1.165) is 31.9 Å². The first-order chi connectivity index (χ1) is 12.9. The van der Waals surface area contributed by atoms with Crippen LogP contribution in [-0.4, -0.2) is 19.3 Å². The number of hydrogen-bond donors (Lipinski definition) is 1. The average molecular weight is 347 g/mol. The Kier molecular flexibility index (Phi) is 5.48. The minimum absolute atomic E-state index is 0.346. The topological polar surface area (TPSA) is 30.5 Å². The number of fused-ring (bicyclic) bond motifs is 1. The Balaban J connectivity index is 1.52. The smallest absolute Gasteiger partial charge is 0.124 e. The molecule has 3 heteroatoms. The van der Waals surface area contributed by atoms with Crippen LogP contribution in [0.2, 0.25) is 0 Å². The van der Waals surface area contributed by atoms with E-state index in [1.807, 2.05) is 18.2 Å². The molecule has 3 aromatic carbocycles. The van der Waals surface area contributed by atoms with Gasteiger partial charge in [0.25, 0.3) is 0 Å². The lowest BCUT2D eigenvalue weighted by atomic mass is 10.0. The second kappa shape index (κ2) is 8.35. The minimum atomic E-state index is 0.346. The molecule has 0 radical (unpaired) electrons. The van der Waals surface area contributed by atoms with Gasteiger partial charge in [-0.15, -0.1) is 0 Å². The molecule has 3 aromatic rings. The van der Waals surface area contributed by atoms with Gasteiger partial charge in [-0.25, -0.2) is 0 Å². The molecular weight excluding hydrogens is 322 g/mol. The molecule has 1 saturated heterocycles. The molecule has 1 unspecified atom stereocenters. The first-order valence-corrected chi connectivity index (χ1v) is 9.40. The normalized spacial score (nSPS) is 16.8. The van der Waals surface area contributed by atoms with E-state index in [9.17, 15) is 0 Å². The largest absolute Gasteiger partial charge is 0.489 e. The van der Waals surface area contributed by atoms with Crippen LogP contribution in [0.4, 0.5) is 0 Å². The van der Waals surface area contributed by atoms with Crippen LogP contribution in [0, 0.1) is 0 Å². The molecule has 0 spiro atoms. The zero-order chi connectivity index (χ0) is 17.6. The van der Waals surface area contributed by atoms with E-state index >= 15 is 0 Å². The summed E-state index contributed by atoms with van der Waals surface area (Å²) < 4.78 is 11.9. The molecule has 1 N–H and O–H groups in total. The second-order valence-electron chi connectivity index (χ2n) is 6.80. The van der Waals surface area contributed by atoms with Crippen LogP contribution < -0.4 is 10.1 Å². The van der Waals surface area contributed by atoms with Crippen molar-refractivity contribution in [1.82, 2.24) is 5.32 Å². The van der Waals surface area contributed by atoms with Gasteiger partial charge in [-0.1, -0.05) is 60.7 Å². The minimum Gasteiger partial charge on any atom is -0.489 e. The van der Waals surface area contributed by atoms with Crippen molar-refractivity contribution in [3.8, 4) is 5.75 Å². The molecule has 0 amide bonds. The molecular formula is C23H25NO2. The Morgan fingerprint density at radius 2 is 1.81 bits per heavy atom. The third-order valence-electron chi connectivity index (χ3n) is 4.93. The predicted molar refractivity (Wildman–Crippen MR) is 105 cm³/mol. The number of hydrogen-bond acceptors (Lipinski definition) is 3. The van der Waals surface area contributed by atoms with Gasteiger partial charge in [0.2, 0.25) is 0 Å². The Labute approximate surface area is 154 Å². The standard InChI is InChI=1S/C23H25NO2/c1-2-7-18(8-3-1)17-26-23-13-12-19-9-4-5-11-21(19)22(23)16-24-15-20-10-6-14-25-20/h1-5,7-9,11-13,20,24H,6,10,14-17H2. The van der Waals surface area contributed by atoms with Crippen LogP contribution in [0.3, 0.4) is 0 Å². The van der Waals surface area contributed by atoms with E-state index in [0.29, 0.717) is 12.7 Å². The summed E-state index contributed by atoms with van der Waals surface area (Å²) in [5, 5.41) is 6.06. The third kappa shape index (κ3) is 4.06. The number of rotatable bonds is 7. The SMILES string of the molecule is c1ccc(COc2ccc3ccccc3c2CNCC2CCCO2)cc1. The van der Waals surface area contributed by atoms with E-state index in [-0.39, 0.29) is 0 Å². The molecule has 1 fully saturated rings. The maximum atomic E-state index is 6.18. The summed E-state index contributed by atoms with van der Waals surface area (Å²) in [4.78, 5) is 0. The lowest BCUT2D eigenvalue weighted by molar-refractivity contribution is 0.110. The molecule has 1 aliphatic heterocycles. The molecule has 1 heterocycles. The highest BCUT2D eigenvalue weighted by atomic mass is 16.5. The maximum absolute atomic E-state index is 6.18. The monoisotopic (exact) mass is 347 g/mol. The van der Waals surface area contributed by atoms with Crippen LogP contribution >= 0.6 is 0 Å². The van der Waals surface area contributed by atoms with Gasteiger partial charge in [-0.2, -0.15) is 0 Å². The number of nitrogens with one attached hydrogen (secondary N) is 1. The van der Waals surface area contributed by atoms with Crippen molar-refractivity contribution in [2.24, 2.45) is 0 Å². The zero-order valence-electron chi connectivity index (χ0n) is 15.0. The summed E-state index contributed by atoms with van der Waals surface area (Å²) >= 11 is 0. The quantitative estimate of drug-likeness (QED) is 0.673. The summed E-state index contributed by atoms with van der Waals surface area (Å²) in [5.41, 5.74) is 2.40. The molecule has 0 aliphatic carbocycles. The van der Waals surface area contributed by atoms with E-state index < -0.39 is 0 Å². The van der Waals surface area contributed by atoms with Crippen molar-refractivity contribution in [3.63, 3.8) is 0 Å². The highest BCUT2D eigenvalue weighted by molar-refractivity contribution is 5.87. The van der Waals surface area contributed by atoms with Gasteiger partial charge in [0.05, 0.1) is 6.10 Å². The highest BCUT2D eigenvalue weighted by Crippen LogP contribution is 2.29. The fraction of sp³-hybridized carbons (Fsp3) is 0.304. The first kappa shape index (κ1) is 17.1. The van der Waals surface area contributed by atoms with Gasteiger partial charge < -0.3 is 14.8 Å². The highest BCUT2D eigenvalue weighted by Gasteiger charge is 2.15. The van der Waals surface area contributed by atoms with Gasteiger partial charge in [-0.05, 0) is 35.2 Å². The van der Waals surface area contributed by atoms with Crippen molar-refractivity contribution >= 4 is 10.8 Å². The van der Waals surface area contributed by atoms with Crippen molar-refractivity contribution < 1.29 is 9.47 Å². The van der Waals surface area contributed by atoms with Gasteiger partial charge in [0.1, 0.15) is 12.4 Å². The van der Waals surface area contributed by atoms with Gasteiger partial charge in [0, 0.05) is 25.3 Å². The van der Waals surface area contributed by atoms with Crippen molar-refractivity contribution in [3.05, 3.63) is 77.9 Å². The van der Waals surface area contributed by atoms with E-state index in [1.165, 1.54) is 28.3 Å². The van der Waals surface area contributed by atoms with Crippen molar-refractivity contribution in [2.75, 3.05) is 13.2 Å². The van der Waals surface area contributed by atoms with E-state index in [4.69, 9.17) is 9.47 Å². The maximum Gasteiger partial charge on any atom is 0.124 e. The number of ether oxygens (including phenoxy) is 2. The van der Waals surface area contributed by atoms with Gasteiger partial charge >= 0.3 is 0 Å². The van der Waals surface area contributed by atoms with Crippen LogP contribution in [0.5, 0.6) is 5.75 Å². The molecule has 1 aliphatic rings. The van der Waals surface area contributed by atoms with Crippen LogP contribution in [0.25, 0.3) is 10.8 Å². The fourth-order valence-electron chi connectivity index (χ4n) is 3.53. The summed E-state index contributed by atoms with van der Waals surface area (Å²) in [5.74, 6) is 0.951. The fourth-order valence-corrected chi connectivity index (χ4v) is 3.53. The lowest BCUT2D eigenvalue weighted by Crippen LogP contribution is -2.26. The molecule has 4 rings (SSSR count). The lowest BCUT2D eigenvalue weighted by Gasteiger charge is -2.16. The summed E-state index contributed by atoms with van der Waals surface area (Å²) in [6.45, 7) is 3.15. The zero-order valence-corrected chi connectivity index (χ0v) is 15.0. The molecule has 0 saturated carbocycles. The molecule has 0 bridgehead atoms. The van der Waals surface area contributed by atoms with Crippen LogP contribution in [-0.2, 0) is 17.9 Å². The number of benzene rings is 3. The van der Waals surface area contributed by atoms with Gasteiger partial charge in [-0.3, -0.25) is 0 Å². The second-order valence-corrected chi connectivity index (χ2v) is 6.80. The third-order valence-corrected chi connectivity index (χ3v) is 4.93.